The van der Waals surface area contributed by atoms with Crippen molar-refractivity contribution in [1.82, 2.24) is 9.97 Å². The van der Waals surface area contributed by atoms with E-state index in [1.807, 2.05) is 72.8 Å². The highest BCUT2D eigenvalue weighted by Crippen LogP contribution is 2.29. The lowest BCUT2D eigenvalue weighted by Crippen LogP contribution is -2.16. The maximum atomic E-state index is 13.1. The van der Waals surface area contributed by atoms with Crippen molar-refractivity contribution in [3.05, 3.63) is 103 Å². The molecular formula is C27H22N4O4S. The molecule has 0 radical (unpaired) electrons. The molecule has 1 heterocycles. The van der Waals surface area contributed by atoms with Crippen LogP contribution in [-0.2, 0) is 10.0 Å². The first-order chi connectivity index (χ1) is 17.5. The molecule has 4 aromatic carbocycles. The van der Waals surface area contributed by atoms with Gasteiger partial charge in [-0.05, 0) is 72.8 Å². The number of sulfonamides is 1. The third kappa shape index (κ3) is 5.21. The number of hydrogen-bond acceptors (Lipinski definition) is 7. The zero-order valence-electron chi connectivity index (χ0n) is 19.3. The molecule has 0 spiro atoms. The topological polar surface area (TPSA) is 102 Å². The van der Waals surface area contributed by atoms with Crippen molar-refractivity contribution in [2.75, 3.05) is 17.1 Å². The van der Waals surface area contributed by atoms with Crippen molar-refractivity contribution >= 4 is 38.4 Å². The van der Waals surface area contributed by atoms with E-state index in [9.17, 15) is 8.42 Å². The van der Waals surface area contributed by atoms with E-state index in [1.165, 1.54) is 19.2 Å². The highest BCUT2D eigenvalue weighted by atomic mass is 32.2. The molecule has 5 rings (SSSR count). The van der Waals surface area contributed by atoms with Crippen molar-refractivity contribution in [3.8, 4) is 17.2 Å². The first-order valence-corrected chi connectivity index (χ1v) is 12.5. The Kier molecular flexibility index (Phi) is 6.38. The third-order valence-corrected chi connectivity index (χ3v) is 6.62. The summed E-state index contributed by atoms with van der Waals surface area (Å²) in [6.45, 7) is 0. The van der Waals surface area contributed by atoms with Crippen molar-refractivity contribution in [2.24, 2.45) is 0 Å². The van der Waals surface area contributed by atoms with E-state index >= 15 is 0 Å². The third-order valence-electron chi connectivity index (χ3n) is 5.27. The molecule has 0 unspecified atom stereocenters. The summed E-state index contributed by atoms with van der Waals surface area (Å²) in [5.74, 6) is 2.30. The van der Waals surface area contributed by atoms with E-state index in [0.29, 0.717) is 28.2 Å². The van der Waals surface area contributed by atoms with Crippen LogP contribution in [0.25, 0.3) is 11.0 Å². The van der Waals surface area contributed by atoms with Crippen LogP contribution in [0.1, 0.15) is 0 Å². The van der Waals surface area contributed by atoms with Crippen molar-refractivity contribution in [2.45, 2.75) is 4.90 Å². The number of para-hydroxylation sites is 3. The molecule has 0 fully saturated rings. The predicted octanol–water partition coefficient (Wildman–Crippen LogP) is 5.98. The summed E-state index contributed by atoms with van der Waals surface area (Å²) in [5.41, 5.74) is 1.86. The fourth-order valence-electron chi connectivity index (χ4n) is 3.47. The largest absolute Gasteiger partial charge is 0.497 e. The number of rotatable bonds is 8. The summed E-state index contributed by atoms with van der Waals surface area (Å²) in [6.07, 6.45) is 0. The molecule has 1 aromatic heterocycles. The van der Waals surface area contributed by atoms with Gasteiger partial charge in [0.15, 0.2) is 11.6 Å². The van der Waals surface area contributed by atoms with Gasteiger partial charge in [0.2, 0.25) is 0 Å². The molecule has 0 amide bonds. The Morgan fingerprint density at radius 3 is 1.83 bits per heavy atom. The second-order valence-corrected chi connectivity index (χ2v) is 9.44. The van der Waals surface area contributed by atoms with E-state index in [-0.39, 0.29) is 16.5 Å². The van der Waals surface area contributed by atoms with Crippen LogP contribution >= 0.6 is 0 Å². The van der Waals surface area contributed by atoms with Crippen LogP contribution in [0.2, 0.25) is 0 Å². The monoisotopic (exact) mass is 498 g/mol. The first kappa shape index (κ1) is 23.1. The molecule has 0 atom stereocenters. The number of nitrogens with one attached hydrogen (secondary N) is 2. The minimum absolute atomic E-state index is 0.0756. The van der Waals surface area contributed by atoms with Crippen LogP contribution in [-0.4, -0.2) is 25.5 Å². The van der Waals surface area contributed by atoms with Crippen LogP contribution in [0.5, 0.6) is 17.2 Å². The Bertz CT molecular complexity index is 1590. The van der Waals surface area contributed by atoms with Gasteiger partial charge >= 0.3 is 0 Å². The number of hydrogen-bond donors (Lipinski definition) is 2. The fraction of sp³-hybridized carbons (Fsp3) is 0.0370. The summed E-state index contributed by atoms with van der Waals surface area (Å²) in [4.78, 5) is 9.21. The molecular weight excluding hydrogens is 476 g/mol. The Morgan fingerprint density at radius 1 is 0.639 bits per heavy atom. The summed E-state index contributed by atoms with van der Waals surface area (Å²) in [6, 6.07) is 30.1. The average Bonchev–Trinajstić information content (AvgIpc) is 2.90. The van der Waals surface area contributed by atoms with E-state index in [0.717, 1.165) is 5.75 Å². The molecule has 9 heteroatoms. The van der Waals surface area contributed by atoms with E-state index in [4.69, 9.17) is 9.47 Å². The number of benzene rings is 4. The fourth-order valence-corrected chi connectivity index (χ4v) is 4.48. The number of nitrogens with zero attached hydrogens (tertiary/aromatic N) is 2. The lowest BCUT2D eigenvalue weighted by molar-refractivity contribution is 0.414. The lowest BCUT2D eigenvalue weighted by Gasteiger charge is -2.14. The summed E-state index contributed by atoms with van der Waals surface area (Å²) < 4.78 is 39.7. The molecule has 0 aliphatic carbocycles. The molecule has 0 saturated heterocycles. The number of aromatic nitrogens is 2. The molecule has 36 heavy (non-hydrogen) atoms. The zero-order valence-corrected chi connectivity index (χ0v) is 20.1. The maximum absolute atomic E-state index is 13.1. The maximum Gasteiger partial charge on any atom is 0.263 e. The van der Waals surface area contributed by atoms with Gasteiger partial charge in [-0.2, -0.15) is 0 Å². The lowest BCUT2D eigenvalue weighted by atomic mass is 10.3. The number of anilines is 3. The SMILES string of the molecule is COc1ccc(S(=O)(=O)Nc2nc3ccccc3nc2Nc2ccc(Oc3ccccc3)cc2)cc1. The average molecular weight is 499 g/mol. The number of ether oxygens (including phenoxy) is 2. The molecule has 180 valence electrons. The molecule has 0 aliphatic heterocycles. The Labute approximate surface area is 208 Å². The van der Waals surface area contributed by atoms with Crippen LogP contribution in [0.4, 0.5) is 17.3 Å². The van der Waals surface area contributed by atoms with Gasteiger partial charge in [-0.15, -0.1) is 0 Å². The second kappa shape index (κ2) is 9.93. The van der Waals surface area contributed by atoms with Gasteiger partial charge < -0.3 is 14.8 Å². The highest BCUT2D eigenvalue weighted by molar-refractivity contribution is 7.92. The molecule has 2 N–H and O–H groups in total. The Hall–Kier alpha value is -4.63. The Morgan fingerprint density at radius 2 is 1.19 bits per heavy atom. The standard InChI is InChI=1S/C27H22N4O4S/c1-34-20-15-17-23(18-16-20)36(32,33)31-27-26(29-24-9-5-6-10-25(24)30-27)28-19-11-13-22(14-12-19)35-21-7-3-2-4-8-21/h2-18H,1H3,(H,28,29)(H,30,31). The number of fused-ring (bicyclic) bond motifs is 1. The molecule has 5 aromatic rings. The predicted molar refractivity (Wildman–Crippen MR) is 140 cm³/mol. The van der Waals surface area contributed by atoms with Gasteiger partial charge in [0.05, 0.1) is 23.0 Å². The van der Waals surface area contributed by atoms with E-state index < -0.39 is 10.0 Å². The Balaban J connectivity index is 1.44. The van der Waals surface area contributed by atoms with Gasteiger partial charge in [-0.25, -0.2) is 18.4 Å². The van der Waals surface area contributed by atoms with Gasteiger partial charge in [0, 0.05) is 5.69 Å². The zero-order chi connectivity index (χ0) is 25.0. The summed E-state index contributed by atoms with van der Waals surface area (Å²) in [7, 11) is -2.41. The summed E-state index contributed by atoms with van der Waals surface area (Å²) in [5, 5.41) is 3.17. The first-order valence-electron chi connectivity index (χ1n) is 11.0. The quantitative estimate of drug-likeness (QED) is 0.271. The van der Waals surface area contributed by atoms with Gasteiger partial charge in [0.1, 0.15) is 17.2 Å². The second-order valence-electron chi connectivity index (χ2n) is 7.76. The van der Waals surface area contributed by atoms with E-state index in [1.54, 1.807) is 18.2 Å². The van der Waals surface area contributed by atoms with E-state index in [2.05, 4.69) is 20.0 Å². The van der Waals surface area contributed by atoms with Crippen LogP contribution in [0.3, 0.4) is 0 Å². The molecule has 0 saturated carbocycles. The smallest absolute Gasteiger partial charge is 0.263 e. The number of methoxy groups -OCH3 is 1. The van der Waals surface area contributed by atoms with Crippen LogP contribution in [0, 0.1) is 0 Å². The highest BCUT2D eigenvalue weighted by Gasteiger charge is 2.19. The minimum atomic E-state index is -3.93. The van der Waals surface area contributed by atoms with Crippen molar-refractivity contribution in [3.63, 3.8) is 0 Å². The van der Waals surface area contributed by atoms with Crippen molar-refractivity contribution < 1.29 is 17.9 Å². The minimum Gasteiger partial charge on any atom is -0.497 e. The van der Waals surface area contributed by atoms with Gasteiger partial charge in [-0.1, -0.05) is 30.3 Å². The molecule has 0 bridgehead atoms. The van der Waals surface area contributed by atoms with Crippen LogP contribution in [0.15, 0.2) is 108 Å². The van der Waals surface area contributed by atoms with Gasteiger partial charge in [0.25, 0.3) is 10.0 Å². The molecule has 0 aliphatic rings. The van der Waals surface area contributed by atoms with Crippen molar-refractivity contribution in [1.29, 1.82) is 0 Å². The normalized spacial score (nSPS) is 11.1. The molecule has 8 nitrogen and oxygen atoms in total. The summed E-state index contributed by atoms with van der Waals surface area (Å²) >= 11 is 0. The van der Waals surface area contributed by atoms with Crippen LogP contribution < -0.4 is 19.5 Å². The van der Waals surface area contributed by atoms with Gasteiger partial charge in [-0.3, -0.25) is 4.72 Å².